The van der Waals surface area contributed by atoms with Gasteiger partial charge in [-0.1, -0.05) is 36.7 Å². The molecule has 2 heterocycles. The van der Waals surface area contributed by atoms with Gasteiger partial charge in [-0.25, -0.2) is 9.97 Å². The summed E-state index contributed by atoms with van der Waals surface area (Å²) in [4.78, 5) is 25.4. The third-order valence-electron chi connectivity index (χ3n) is 4.43. The van der Waals surface area contributed by atoms with Gasteiger partial charge >= 0.3 is 0 Å². The number of benzene rings is 1. The number of hydrogen-bond donors (Lipinski definition) is 1. The van der Waals surface area contributed by atoms with E-state index in [4.69, 9.17) is 11.6 Å². The summed E-state index contributed by atoms with van der Waals surface area (Å²) in [6, 6.07) is 9.21. The summed E-state index contributed by atoms with van der Waals surface area (Å²) in [5, 5.41) is 3.50. The lowest BCUT2D eigenvalue weighted by Gasteiger charge is -2.34. The van der Waals surface area contributed by atoms with E-state index in [9.17, 15) is 4.79 Å². The van der Waals surface area contributed by atoms with E-state index < -0.39 is 0 Å². The Morgan fingerprint density at radius 3 is 2.68 bits per heavy atom. The minimum atomic E-state index is -0.226. The molecule has 0 spiro atoms. The van der Waals surface area contributed by atoms with Crippen molar-refractivity contribution in [1.29, 1.82) is 0 Å². The van der Waals surface area contributed by atoms with Crippen LogP contribution in [0.25, 0.3) is 0 Å². The molecule has 7 heteroatoms. The van der Waals surface area contributed by atoms with Crippen LogP contribution in [-0.4, -0.2) is 53.5 Å². The zero-order valence-corrected chi connectivity index (χ0v) is 15.0. The number of halogens is 1. The number of aromatic nitrogens is 2. The Labute approximate surface area is 152 Å². The van der Waals surface area contributed by atoms with Gasteiger partial charge in [-0.3, -0.25) is 4.79 Å². The smallest absolute Gasteiger partial charge is 0.270 e. The predicted octanol–water partition coefficient (Wildman–Crippen LogP) is 2.20. The molecule has 1 amide bonds. The molecule has 1 aromatic carbocycles. The molecular formula is C18H22ClN5O. The zero-order valence-electron chi connectivity index (χ0n) is 14.3. The van der Waals surface area contributed by atoms with Crippen molar-refractivity contribution in [3.63, 3.8) is 0 Å². The number of carbonyl (C=O) groups is 1. The van der Waals surface area contributed by atoms with Gasteiger partial charge in [-0.15, -0.1) is 0 Å². The molecule has 1 saturated heterocycles. The van der Waals surface area contributed by atoms with E-state index in [0.717, 1.165) is 44.1 Å². The summed E-state index contributed by atoms with van der Waals surface area (Å²) in [6.45, 7) is 7.43. The van der Waals surface area contributed by atoms with Gasteiger partial charge < -0.3 is 15.1 Å². The molecule has 0 aliphatic carbocycles. The van der Waals surface area contributed by atoms with Crippen LogP contribution in [0.2, 0.25) is 5.02 Å². The fourth-order valence-electron chi connectivity index (χ4n) is 2.85. The summed E-state index contributed by atoms with van der Waals surface area (Å²) in [5.74, 6) is 0.574. The molecule has 1 aliphatic rings. The molecule has 0 unspecified atom stereocenters. The molecule has 1 N–H and O–H groups in total. The van der Waals surface area contributed by atoms with Gasteiger partial charge in [0.05, 0.1) is 0 Å². The first-order chi connectivity index (χ1) is 12.2. The maximum Gasteiger partial charge on any atom is 0.270 e. The van der Waals surface area contributed by atoms with E-state index in [1.165, 1.54) is 6.33 Å². The predicted molar refractivity (Wildman–Crippen MR) is 99.0 cm³/mol. The summed E-state index contributed by atoms with van der Waals surface area (Å²) in [7, 11) is 0. The van der Waals surface area contributed by atoms with Crippen molar-refractivity contribution >= 4 is 23.3 Å². The number of hydrogen-bond acceptors (Lipinski definition) is 5. The second-order valence-electron chi connectivity index (χ2n) is 5.96. The Balaban J connectivity index is 1.63. The van der Waals surface area contributed by atoms with Gasteiger partial charge in [0.2, 0.25) is 0 Å². The maximum absolute atomic E-state index is 12.4. The molecule has 2 aromatic rings. The Kier molecular flexibility index (Phi) is 5.83. The standard InChI is InChI=1S/C18H22ClN5O/c1-2-23-7-9-24(10-8-23)17-11-16(21-13-22-17)18(25)20-12-14-5-3-4-6-15(14)19/h3-6,11,13H,2,7-10,12H2,1H3,(H,20,25). The Morgan fingerprint density at radius 1 is 1.20 bits per heavy atom. The second kappa shape index (κ2) is 8.27. The molecule has 3 rings (SSSR count). The van der Waals surface area contributed by atoms with E-state index in [0.29, 0.717) is 17.3 Å². The molecule has 1 fully saturated rings. The van der Waals surface area contributed by atoms with E-state index in [2.05, 4.69) is 32.0 Å². The number of rotatable bonds is 5. The average Bonchev–Trinajstić information content (AvgIpc) is 2.67. The van der Waals surface area contributed by atoms with Gasteiger partial charge in [-0.2, -0.15) is 0 Å². The highest BCUT2D eigenvalue weighted by Gasteiger charge is 2.18. The van der Waals surface area contributed by atoms with Crippen LogP contribution in [0.5, 0.6) is 0 Å². The number of amides is 1. The Hall–Kier alpha value is -2.18. The molecular weight excluding hydrogens is 338 g/mol. The van der Waals surface area contributed by atoms with Crippen LogP contribution >= 0.6 is 11.6 Å². The highest BCUT2D eigenvalue weighted by molar-refractivity contribution is 6.31. The van der Waals surface area contributed by atoms with E-state index in [1.807, 2.05) is 24.3 Å². The molecule has 25 heavy (non-hydrogen) atoms. The Morgan fingerprint density at radius 2 is 1.96 bits per heavy atom. The lowest BCUT2D eigenvalue weighted by molar-refractivity contribution is 0.0946. The number of piperazine rings is 1. The minimum Gasteiger partial charge on any atom is -0.354 e. The molecule has 0 radical (unpaired) electrons. The maximum atomic E-state index is 12.4. The first-order valence-corrected chi connectivity index (χ1v) is 8.86. The molecule has 1 aliphatic heterocycles. The van der Waals surface area contributed by atoms with Gasteiger partial charge in [0.1, 0.15) is 17.8 Å². The molecule has 132 valence electrons. The summed E-state index contributed by atoms with van der Waals surface area (Å²) in [5.41, 5.74) is 1.25. The molecule has 1 aromatic heterocycles. The van der Waals surface area contributed by atoms with E-state index >= 15 is 0 Å². The van der Waals surface area contributed by atoms with E-state index in [-0.39, 0.29) is 5.91 Å². The SMILES string of the molecule is CCN1CCN(c2cc(C(=O)NCc3ccccc3Cl)ncn2)CC1. The van der Waals surface area contributed by atoms with Gasteiger partial charge in [0.25, 0.3) is 5.91 Å². The average molecular weight is 360 g/mol. The number of carbonyl (C=O) groups excluding carboxylic acids is 1. The van der Waals surface area contributed by atoms with Crippen molar-refractivity contribution in [2.24, 2.45) is 0 Å². The van der Waals surface area contributed by atoms with E-state index in [1.54, 1.807) is 6.07 Å². The lowest BCUT2D eigenvalue weighted by Crippen LogP contribution is -2.46. The largest absolute Gasteiger partial charge is 0.354 e. The van der Waals surface area contributed by atoms with Gasteiger partial charge in [0, 0.05) is 43.8 Å². The van der Waals surface area contributed by atoms with Crippen LogP contribution in [0.1, 0.15) is 23.0 Å². The highest BCUT2D eigenvalue weighted by atomic mass is 35.5. The number of likely N-dealkylation sites (N-methyl/N-ethyl adjacent to an activating group) is 1. The van der Waals surface area contributed by atoms with Crippen molar-refractivity contribution in [2.75, 3.05) is 37.6 Å². The van der Waals surface area contributed by atoms with Crippen LogP contribution in [0.15, 0.2) is 36.7 Å². The topological polar surface area (TPSA) is 61.4 Å². The molecule has 0 saturated carbocycles. The number of nitrogens with one attached hydrogen (secondary N) is 1. The number of anilines is 1. The third kappa shape index (κ3) is 4.46. The zero-order chi connectivity index (χ0) is 17.6. The van der Waals surface area contributed by atoms with Gasteiger partial charge in [0.15, 0.2) is 0 Å². The fraction of sp³-hybridized carbons (Fsp3) is 0.389. The minimum absolute atomic E-state index is 0.226. The summed E-state index contributed by atoms with van der Waals surface area (Å²) < 4.78 is 0. The van der Waals surface area contributed by atoms with Crippen molar-refractivity contribution in [2.45, 2.75) is 13.5 Å². The second-order valence-corrected chi connectivity index (χ2v) is 6.36. The molecule has 0 atom stereocenters. The Bertz CT molecular complexity index is 731. The summed E-state index contributed by atoms with van der Waals surface area (Å²) in [6.07, 6.45) is 1.45. The molecule has 0 bridgehead atoms. The first-order valence-electron chi connectivity index (χ1n) is 8.48. The van der Waals surface area contributed by atoms with Crippen LogP contribution in [0.3, 0.4) is 0 Å². The van der Waals surface area contributed by atoms with Gasteiger partial charge in [-0.05, 0) is 18.2 Å². The number of nitrogens with zero attached hydrogens (tertiary/aromatic N) is 4. The summed E-state index contributed by atoms with van der Waals surface area (Å²) >= 11 is 6.12. The molecule has 6 nitrogen and oxygen atoms in total. The monoisotopic (exact) mass is 359 g/mol. The lowest BCUT2D eigenvalue weighted by atomic mass is 10.2. The highest BCUT2D eigenvalue weighted by Crippen LogP contribution is 2.16. The van der Waals surface area contributed by atoms with Crippen LogP contribution < -0.4 is 10.2 Å². The van der Waals surface area contributed by atoms with Crippen molar-refractivity contribution < 1.29 is 4.79 Å². The van der Waals surface area contributed by atoms with Crippen molar-refractivity contribution in [3.8, 4) is 0 Å². The van der Waals surface area contributed by atoms with Crippen molar-refractivity contribution in [3.05, 3.63) is 52.9 Å². The quantitative estimate of drug-likeness (QED) is 0.886. The third-order valence-corrected chi connectivity index (χ3v) is 4.79. The van der Waals surface area contributed by atoms with Crippen molar-refractivity contribution in [1.82, 2.24) is 20.2 Å². The van der Waals surface area contributed by atoms with Crippen LogP contribution in [0, 0.1) is 0 Å². The fourth-order valence-corrected chi connectivity index (χ4v) is 3.05. The first kappa shape index (κ1) is 17.6. The van der Waals surface area contributed by atoms with Crippen LogP contribution in [-0.2, 0) is 6.54 Å². The normalized spacial score (nSPS) is 15.2. The van der Waals surface area contributed by atoms with Crippen LogP contribution in [0.4, 0.5) is 5.82 Å².